The molecule has 1 aliphatic carbocycles. The van der Waals surface area contributed by atoms with E-state index >= 15 is 0 Å². The van der Waals surface area contributed by atoms with Crippen molar-refractivity contribution in [3.05, 3.63) is 16.4 Å². The van der Waals surface area contributed by atoms with Crippen LogP contribution in [0.5, 0.6) is 0 Å². The van der Waals surface area contributed by atoms with Crippen LogP contribution in [0.1, 0.15) is 36.1 Å². The van der Waals surface area contributed by atoms with Crippen molar-refractivity contribution in [2.45, 2.75) is 24.8 Å². The van der Waals surface area contributed by atoms with Gasteiger partial charge in [0, 0.05) is 18.5 Å². The lowest BCUT2D eigenvalue weighted by molar-refractivity contribution is 0.267. The highest BCUT2D eigenvalue weighted by atomic mass is 35.5. The van der Waals surface area contributed by atoms with Crippen molar-refractivity contribution in [1.29, 1.82) is 0 Å². The van der Waals surface area contributed by atoms with Crippen LogP contribution in [0.4, 0.5) is 0 Å². The Labute approximate surface area is 87.7 Å². The van der Waals surface area contributed by atoms with E-state index in [9.17, 15) is 0 Å². The first kappa shape index (κ1) is 9.96. The van der Waals surface area contributed by atoms with E-state index in [1.54, 1.807) is 11.7 Å². The molecule has 1 aromatic heterocycles. The number of halogens is 1. The second kappa shape index (κ2) is 3.53. The minimum absolute atomic E-state index is 0.0921. The minimum Gasteiger partial charge on any atom is -0.394 e. The number of hydrogen-bond donors (Lipinski definition) is 2. The number of rotatable bonds is 3. The molecule has 2 rings (SSSR count). The zero-order valence-corrected chi connectivity index (χ0v) is 8.83. The zero-order chi connectivity index (χ0) is 10.3. The monoisotopic (exact) mass is 215 g/mol. The number of aromatic nitrogens is 2. The Morgan fingerprint density at radius 3 is 2.86 bits per heavy atom. The van der Waals surface area contributed by atoms with Crippen LogP contribution in [0.3, 0.4) is 0 Å². The van der Waals surface area contributed by atoms with Gasteiger partial charge in [-0.2, -0.15) is 5.10 Å². The first-order valence-corrected chi connectivity index (χ1v) is 5.11. The molecule has 1 saturated carbocycles. The molecule has 1 aromatic rings. The molecule has 4 nitrogen and oxygen atoms in total. The maximum Gasteiger partial charge on any atom is 0.131 e. The number of aliphatic hydroxyl groups is 1. The van der Waals surface area contributed by atoms with Crippen molar-refractivity contribution in [1.82, 2.24) is 9.78 Å². The standard InChI is InChI=1S/C9H14ClN3O/c1-13-9(10)7(6(11)4-14)8(12-13)5-2-3-5/h5-6,14H,2-4,11H2,1H3. The normalized spacial score (nSPS) is 18.6. The summed E-state index contributed by atoms with van der Waals surface area (Å²) in [5.41, 5.74) is 7.58. The molecule has 1 fully saturated rings. The summed E-state index contributed by atoms with van der Waals surface area (Å²) in [6.07, 6.45) is 2.30. The molecule has 0 saturated heterocycles. The summed E-state index contributed by atoms with van der Waals surface area (Å²) in [5.74, 6) is 0.501. The second-order valence-electron chi connectivity index (χ2n) is 3.78. The van der Waals surface area contributed by atoms with Crippen LogP contribution < -0.4 is 5.73 Å². The van der Waals surface area contributed by atoms with E-state index < -0.39 is 6.04 Å². The Morgan fingerprint density at radius 2 is 2.36 bits per heavy atom. The van der Waals surface area contributed by atoms with Gasteiger partial charge in [-0.05, 0) is 12.8 Å². The lowest BCUT2D eigenvalue weighted by Crippen LogP contribution is -2.16. The van der Waals surface area contributed by atoms with E-state index in [-0.39, 0.29) is 6.61 Å². The topological polar surface area (TPSA) is 64.1 Å². The molecule has 0 bridgehead atoms. The molecule has 78 valence electrons. The maximum atomic E-state index is 9.03. The average molecular weight is 216 g/mol. The largest absolute Gasteiger partial charge is 0.394 e. The van der Waals surface area contributed by atoms with Crippen LogP contribution in [0.2, 0.25) is 5.15 Å². The van der Waals surface area contributed by atoms with Crippen molar-refractivity contribution in [3.8, 4) is 0 Å². The fourth-order valence-electron chi connectivity index (χ4n) is 1.63. The number of nitrogens with two attached hydrogens (primary N) is 1. The summed E-state index contributed by atoms with van der Waals surface area (Å²) in [5, 5.41) is 13.9. The summed E-state index contributed by atoms with van der Waals surface area (Å²) in [6, 6.07) is -0.410. The molecule has 1 unspecified atom stereocenters. The molecular weight excluding hydrogens is 202 g/mol. The molecule has 1 heterocycles. The predicted molar refractivity (Wildman–Crippen MR) is 54.2 cm³/mol. The van der Waals surface area contributed by atoms with Crippen LogP contribution in [0.15, 0.2) is 0 Å². The van der Waals surface area contributed by atoms with Crippen molar-refractivity contribution in [3.63, 3.8) is 0 Å². The van der Waals surface area contributed by atoms with Gasteiger partial charge in [0.1, 0.15) is 5.15 Å². The number of aliphatic hydroxyl groups excluding tert-OH is 1. The Kier molecular flexibility index (Phi) is 2.51. The molecule has 14 heavy (non-hydrogen) atoms. The van der Waals surface area contributed by atoms with Crippen molar-refractivity contribution in [2.24, 2.45) is 12.8 Å². The van der Waals surface area contributed by atoms with Gasteiger partial charge < -0.3 is 10.8 Å². The second-order valence-corrected chi connectivity index (χ2v) is 4.13. The number of aryl methyl sites for hydroxylation is 1. The van der Waals surface area contributed by atoms with Crippen LogP contribution in [0, 0.1) is 0 Å². The molecule has 0 aliphatic heterocycles. The molecule has 1 atom stereocenters. The van der Waals surface area contributed by atoms with E-state index in [0.717, 1.165) is 24.1 Å². The molecule has 0 radical (unpaired) electrons. The van der Waals surface area contributed by atoms with Crippen LogP contribution in [-0.2, 0) is 7.05 Å². The van der Waals surface area contributed by atoms with Gasteiger partial charge in [-0.3, -0.25) is 4.68 Å². The van der Waals surface area contributed by atoms with Gasteiger partial charge in [0.25, 0.3) is 0 Å². The van der Waals surface area contributed by atoms with E-state index in [4.69, 9.17) is 22.4 Å². The maximum absolute atomic E-state index is 9.03. The SMILES string of the molecule is Cn1nc(C2CC2)c(C(N)CO)c1Cl. The highest BCUT2D eigenvalue weighted by molar-refractivity contribution is 6.30. The van der Waals surface area contributed by atoms with Gasteiger partial charge in [0.05, 0.1) is 18.3 Å². The molecular formula is C9H14ClN3O. The highest BCUT2D eigenvalue weighted by Gasteiger charge is 2.32. The first-order valence-electron chi connectivity index (χ1n) is 4.74. The molecule has 5 heteroatoms. The Bertz CT molecular complexity index is 346. The third-order valence-electron chi connectivity index (χ3n) is 2.57. The first-order chi connectivity index (χ1) is 6.65. The third kappa shape index (κ3) is 1.54. The average Bonchev–Trinajstić information content (AvgIpc) is 2.95. The van der Waals surface area contributed by atoms with E-state index in [1.165, 1.54) is 0 Å². The Hall–Kier alpha value is -0.580. The molecule has 0 spiro atoms. The predicted octanol–water partition coefficient (Wildman–Crippen LogP) is 0.943. The molecule has 0 amide bonds. The molecule has 1 aliphatic rings. The third-order valence-corrected chi connectivity index (χ3v) is 3.02. The number of hydrogen-bond acceptors (Lipinski definition) is 3. The minimum atomic E-state index is -0.410. The lowest BCUT2D eigenvalue weighted by atomic mass is 10.1. The lowest BCUT2D eigenvalue weighted by Gasteiger charge is -2.08. The van der Waals surface area contributed by atoms with Crippen molar-refractivity contribution < 1.29 is 5.11 Å². The molecule has 3 N–H and O–H groups in total. The Morgan fingerprint density at radius 1 is 1.71 bits per heavy atom. The Balaban J connectivity index is 2.42. The van der Waals surface area contributed by atoms with Crippen LogP contribution in [0.25, 0.3) is 0 Å². The highest BCUT2D eigenvalue weighted by Crippen LogP contribution is 2.43. The van der Waals surface area contributed by atoms with Gasteiger partial charge in [-0.25, -0.2) is 0 Å². The fourth-order valence-corrected chi connectivity index (χ4v) is 1.91. The van der Waals surface area contributed by atoms with E-state index in [1.807, 2.05) is 0 Å². The van der Waals surface area contributed by atoms with E-state index in [2.05, 4.69) is 5.10 Å². The van der Waals surface area contributed by atoms with Gasteiger partial charge >= 0.3 is 0 Å². The van der Waals surface area contributed by atoms with Gasteiger partial charge in [0.2, 0.25) is 0 Å². The summed E-state index contributed by atoms with van der Waals surface area (Å²) >= 11 is 6.07. The van der Waals surface area contributed by atoms with Gasteiger partial charge in [-0.15, -0.1) is 0 Å². The zero-order valence-electron chi connectivity index (χ0n) is 8.07. The smallest absolute Gasteiger partial charge is 0.131 e. The summed E-state index contributed by atoms with van der Waals surface area (Å²) in [7, 11) is 1.79. The van der Waals surface area contributed by atoms with Crippen molar-refractivity contribution in [2.75, 3.05) is 6.61 Å². The van der Waals surface area contributed by atoms with E-state index in [0.29, 0.717) is 11.1 Å². The van der Waals surface area contributed by atoms with Gasteiger partial charge in [-0.1, -0.05) is 11.6 Å². The quantitative estimate of drug-likeness (QED) is 0.789. The van der Waals surface area contributed by atoms with Gasteiger partial charge in [0.15, 0.2) is 0 Å². The number of nitrogens with zero attached hydrogens (tertiary/aromatic N) is 2. The summed E-state index contributed by atoms with van der Waals surface area (Å²) in [4.78, 5) is 0. The summed E-state index contributed by atoms with van der Waals surface area (Å²) < 4.78 is 1.63. The fraction of sp³-hybridized carbons (Fsp3) is 0.667. The van der Waals surface area contributed by atoms with Crippen LogP contribution >= 0.6 is 11.6 Å². The molecule has 0 aromatic carbocycles. The van der Waals surface area contributed by atoms with Crippen molar-refractivity contribution >= 4 is 11.6 Å². The summed E-state index contributed by atoms with van der Waals surface area (Å²) in [6.45, 7) is -0.0921. The van der Waals surface area contributed by atoms with Crippen LogP contribution in [-0.4, -0.2) is 21.5 Å².